The molecule has 6 saturated heterocycles. The minimum atomic E-state index is -2.74. The van der Waals surface area contributed by atoms with E-state index in [-0.39, 0.29) is 23.1 Å². The van der Waals surface area contributed by atoms with Crippen molar-refractivity contribution >= 4 is 91.4 Å². The Morgan fingerprint density at radius 1 is 0.556 bits per heavy atom. The SMILES string of the molecule is Br.Brc1nnc(-c2ccccc2)s1.O=C(O)CC(O)(CC(=O)O)C(=O)O.O=C(O)CC(O)(CC(=O)O)C(=O)O.OC1C2CC3CC1CN(C3)C2.c1ccc(-c2nnc(OC3C4CC5CC3CN(C5)C4)s2)cc1. The van der Waals surface area contributed by atoms with E-state index in [1.165, 1.54) is 76.3 Å². The molecule has 4 aromatic rings. The average molecular weight is 1170 g/mol. The molecule has 392 valence electrons. The summed E-state index contributed by atoms with van der Waals surface area (Å²) in [5.74, 6) is -5.57. The third-order valence-electron chi connectivity index (χ3n) is 13.1. The summed E-state index contributed by atoms with van der Waals surface area (Å²) in [5.41, 5.74) is -3.25. The summed E-state index contributed by atoms with van der Waals surface area (Å²) in [6.45, 7) is 7.41. The Labute approximate surface area is 439 Å². The van der Waals surface area contributed by atoms with E-state index < -0.39 is 72.7 Å². The second kappa shape index (κ2) is 25.7. The van der Waals surface area contributed by atoms with Gasteiger partial charge in [0.1, 0.15) is 11.1 Å². The molecule has 2 saturated carbocycles. The van der Waals surface area contributed by atoms with Gasteiger partial charge in [0, 0.05) is 62.2 Å². The second-order valence-corrected chi connectivity index (χ2v) is 21.8. The summed E-state index contributed by atoms with van der Waals surface area (Å²) in [6, 6.07) is 20.2. The quantitative estimate of drug-likeness (QED) is 0.0850. The van der Waals surface area contributed by atoms with E-state index in [4.69, 9.17) is 45.6 Å². The number of piperidine rings is 6. The third-order valence-corrected chi connectivity index (χ3v) is 15.4. The number of hydrogen-bond donors (Lipinski definition) is 9. The van der Waals surface area contributed by atoms with Crippen molar-refractivity contribution in [1.82, 2.24) is 30.2 Å². The van der Waals surface area contributed by atoms with Gasteiger partial charge in [-0.15, -0.1) is 32.3 Å². The Morgan fingerprint density at radius 3 is 1.26 bits per heavy atom. The standard InChI is InChI=1S/C17H19N3OS.C9H15NO.C8H5BrN2S.2C6H8O7.BrH/c1-2-4-12(5-3-1)16-18-19-17(22-16)21-15-13-6-11-7-14(15)10-20(8-11)9-13;11-9-7-1-6-2-8(9)5-10(3-6)4-7;9-8-11-10-7(12-8)6-4-2-1-3-5-6;2*7-3(8)1-6(13,5(11)12)2-4(9)10;/h1-5,11,13-15H,6-10H2;6-9,11H,1-5H2;1-5H;2*13H,1-2H2,(H,7,8)(H,9,10)(H,11,12);1H. The first kappa shape index (κ1) is 57.8. The van der Waals surface area contributed by atoms with Gasteiger partial charge < -0.3 is 60.5 Å². The number of carbonyl (C=O) groups is 6. The predicted octanol–water partition coefficient (Wildman–Crippen LogP) is 4.29. The van der Waals surface area contributed by atoms with E-state index in [1.54, 1.807) is 11.3 Å². The van der Waals surface area contributed by atoms with Gasteiger partial charge in [0.15, 0.2) is 20.1 Å². The van der Waals surface area contributed by atoms with Crippen LogP contribution in [0, 0.1) is 35.5 Å². The fourth-order valence-electron chi connectivity index (χ4n) is 10.3. The topological polar surface area (TPSA) is 352 Å². The molecule has 8 bridgehead atoms. The van der Waals surface area contributed by atoms with Crippen LogP contribution in [0.3, 0.4) is 0 Å². The number of rotatable bonds is 14. The molecular formula is C46H56Br2N6O16S2. The van der Waals surface area contributed by atoms with Crippen molar-refractivity contribution in [2.45, 2.75) is 74.8 Å². The summed E-state index contributed by atoms with van der Waals surface area (Å²) in [7, 11) is 0. The monoisotopic (exact) mass is 1170 g/mol. The van der Waals surface area contributed by atoms with Crippen LogP contribution in [0.5, 0.6) is 5.19 Å². The highest BCUT2D eigenvalue weighted by atomic mass is 79.9. The van der Waals surface area contributed by atoms with Gasteiger partial charge in [0.2, 0.25) is 0 Å². The van der Waals surface area contributed by atoms with E-state index in [9.17, 15) is 33.9 Å². The Morgan fingerprint density at radius 2 is 0.917 bits per heavy atom. The average Bonchev–Trinajstić information content (AvgIpc) is 3.96. The maximum atomic E-state index is 10.3. The molecular weight excluding hydrogens is 1120 g/mol. The van der Waals surface area contributed by atoms with Crippen LogP contribution in [0.1, 0.15) is 51.4 Å². The molecule has 2 aromatic carbocycles. The smallest absolute Gasteiger partial charge is 0.336 e. The first-order chi connectivity index (χ1) is 33.6. The van der Waals surface area contributed by atoms with Gasteiger partial charge in [-0.1, -0.05) is 88.4 Å². The molecule has 9 N–H and O–H groups in total. The summed E-state index contributed by atoms with van der Waals surface area (Å²) in [6.07, 6.45) is 1.09. The molecule has 12 rings (SSSR count). The van der Waals surface area contributed by atoms with Gasteiger partial charge in [-0.2, -0.15) is 0 Å². The third kappa shape index (κ3) is 16.0. The molecule has 2 aromatic heterocycles. The first-order valence-electron chi connectivity index (χ1n) is 22.6. The first-order valence-corrected chi connectivity index (χ1v) is 25.0. The number of aliphatic hydroxyl groups excluding tert-OH is 1. The maximum Gasteiger partial charge on any atom is 0.336 e. The van der Waals surface area contributed by atoms with Crippen molar-refractivity contribution in [3.63, 3.8) is 0 Å². The van der Waals surface area contributed by atoms with E-state index >= 15 is 0 Å². The molecule has 72 heavy (non-hydrogen) atoms. The van der Waals surface area contributed by atoms with Crippen LogP contribution in [0.2, 0.25) is 0 Å². The van der Waals surface area contributed by atoms with Gasteiger partial charge in [-0.25, -0.2) is 9.59 Å². The lowest BCUT2D eigenvalue weighted by Gasteiger charge is -2.54. The Hall–Kier alpha value is -5.06. The molecule has 2 aliphatic carbocycles. The fraction of sp³-hybridized carbons (Fsp3) is 0.522. The van der Waals surface area contributed by atoms with E-state index in [2.05, 4.69) is 58.3 Å². The summed E-state index contributed by atoms with van der Waals surface area (Å²) < 4.78 is 7.13. The van der Waals surface area contributed by atoms with Crippen LogP contribution in [0.15, 0.2) is 64.6 Å². The van der Waals surface area contributed by atoms with Crippen molar-refractivity contribution in [2.24, 2.45) is 35.5 Å². The zero-order chi connectivity index (χ0) is 51.6. The Balaban J connectivity index is 0.000000172. The molecule has 4 unspecified atom stereocenters. The van der Waals surface area contributed by atoms with Crippen LogP contribution < -0.4 is 4.74 Å². The van der Waals surface area contributed by atoms with Crippen LogP contribution >= 0.6 is 55.6 Å². The van der Waals surface area contributed by atoms with E-state index in [1.807, 2.05) is 48.5 Å². The number of carboxylic acid groups (broad SMARTS) is 6. The number of aromatic nitrogens is 4. The fourth-order valence-corrected chi connectivity index (χ4v) is 12.2. The highest BCUT2D eigenvalue weighted by Gasteiger charge is 2.49. The van der Waals surface area contributed by atoms with Gasteiger partial charge in [0.05, 0.1) is 31.8 Å². The number of benzene rings is 2. The lowest BCUT2D eigenvalue weighted by molar-refractivity contribution is -0.170. The van der Waals surface area contributed by atoms with Crippen molar-refractivity contribution in [2.75, 3.05) is 39.3 Å². The molecule has 22 nitrogen and oxygen atoms in total. The predicted molar refractivity (Wildman–Crippen MR) is 266 cm³/mol. The zero-order valence-corrected chi connectivity index (χ0v) is 43.4. The maximum absolute atomic E-state index is 10.3. The summed E-state index contributed by atoms with van der Waals surface area (Å²) >= 11 is 6.38. The summed E-state index contributed by atoms with van der Waals surface area (Å²) in [5, 5.41) is 96.5. The van der Waals surface area contributed by atoms with Crippen LogP contribution in [0.4, 0.5) is 0 Å². The molecule has 4 atom stereocenters. The Kier molecular flexibility index (Phi) is 20.7. The van der Waals surface area contributed by atoms with Crippen molar-refractivity contribution in [3.8, 4) is 26.3 Å². The molecule has 8 heterocycles. The normalized spacial score (nSPS) is 25.7. The Bertz CT molecular complexity index is 2350. The molecule has 26 heteroatoms. The highest BCUT2D eigenvalue weighted by Crippen LogP contribution is 2.46. The van der Waals surface area contributed by atoms with Gasteiger partial charge in [-0.05, 0) is 65.3 Å². The van der Waals surface area contributed by atoms with Crippen LogP contribution in [-0.2, 0) is 28.8 Å². The number of nitrogens with zero attached hydrogens (tertiary/aromatic N) is 6. The van der Waals surface area contributed by atoms with Gasteiger partial charge in [0.25, 0.3) is 5.19 Å². The minimum Gasteiger partial charge on any atom is -0.481 e. The number of hydrogen-bond acceptors (Lipinski definition) is 18. The number of aliphatic hydroxyl groups is 3. The van der Waals surface area contributed by atoms with Gasteiger partial charge in [-0.3, -0.25) is 19.2 Å². The number of carboxylic acids is 6. The molecule has 6 aliphatic heterocycles. The molecule has 0 radical (unpaired) electrons. The van der Waals surface area contributed by atoms with E-state index in [0.717, 1.165) is 42.1 Å². The van der Waals surface area contributed by atoms with Crippen LogP contribution in [-0.4, -0.2) is 175 Å². The number of halogens is 2. The lowest BCUT2D eigenvalue weighted by Crippen LogP contribution is -2.61. The van der Waals surface area contributed by atoms with Crippen LogP contribution in [0.25, 0.3) is 21.1 Å². The largest absolute Gasteiger partial charge is 0.481 e. The molecule has 8 fully saturated rings. The molecule has 0 amide bonds. The van der Waals surface area contributed by atoms with Crippen molar-refractivity contribution < 1.29 is 79.5 Å². The van der Waals surface area contributed by atoms with Crippen molar-refractivity contribution in [1.29, 1.82) is 0 Å². The molecule has 0 spiro atoms. The molecule has 8 aliphatic rings. The lowest BCUT2D eigenvalue weighted by atomic mass is 9.66. The zero-order valence-electron chi connectivity index (χ0n) is 38.5. The summed E-state index contributed by atoms with van der Waals surface area (Å²) in [4.78, 5) is 66.1. The number of ether oxygens (including phenoxy) is 1. The second-order valence-electron chi connectivity index (χ2n) is 18.6. The van der Waals surface area contributed by atoms with Crippen molar-refractivity contribution in [3.05, 3.63) is 64.6 Å². The number of aliphatic carboxylic acids is 6. The highest BCUT2D eigenvalue weighted by molar-refractivity contribution is 9.11. The minimum absolute atomic E-state index is 0. The van der Waals surface area contributed by atoms with E-state index in [0.29, 0.717) is 29.8 Å². The van der Waals surface area contributed by atoms with Gasteiger partial charge >= 0.3 is 35.8 Å².